The third-order valence-electron chi connectivity index (χ3n) is 12.0. The fourth-order valence-corrected chi connectivity index (χ4v) is 10.1. The number of likely N-dealkylation sites (N-methyl/N-ethyl adjacent to an activating group) is 2. The van der Waals surface area contributed by atoms with Crippen molar-refractivity contribution in [3.8, 4) is 5.75 Å². The Bertz CT molecular complexity index is 2080. The van der Waals surface area contributed by atoms with Gasteiger partial charge >= 0.3 is 0 Å². The predicted molar refractivity (Wildman–Crippen MR) is 260 cm³/mol. The summed E-state index contributed by atoms with van der Waals surface area (Å²) < 4.78 is 0. The number of benzene rings is 1. The van der Waals surface area contributed by atoms with E-state index in [1.807, 2.05) is 13.8 Å². The molecule has 2 aliphatic rings. The van der Waals surface area contributed by atoms with Gasteiger partial charge in [-0.3, -0.25) is 52.7 Å². The topological polar surface area (TPSA) is 356 Å². The number of carbonyl (C=O) groups is 11. The molecule has 2 fully saturated rings. The van der Waals surface area contributed by atoms with Crippen molar-refractivity contribution < 1.29 is 57.8 Å². The number of nitrogens with zero attached hydrogens (tertiary/aromatic N) is 3. The van der Waals surface area contributed by atoms with E-state index in [-0.39, 0.29) is 61.8 Å². The lowest BCUT2D eigenvalue weighted by Crippen LogP contribution is -2.61. The number of likely N-dealkylation sites (tertiary alicyclic amines) is 1. The van der Waals surface area contributed by atoms with E-state index < -0.39 is 133 Å². The standard InChI is InChI=1S/C45H69N11O12S2/c1-7-25(4)38-42(65)51-28(14-15-34(46)58)39(62)52-30(21-35(47)59)43(66)55(6)33(23-70-69-18-16-37(61)50-29(40(63)53-38)20-26-10-12-27(57)13-11-26)45(68)56-17-8-9-31(56)44(67)54(5)32(19-24(2)3)41(64)49-22-36(48)60/h10-13,24-25,28-33,38,57H,7-9,14-23H2,1-6H3,(H2,46,58)(H2,47,59)(H2,48,60)(H,49,64)(H,50,61)(H,51,65)(H,52,62)(H,53,63)/t25-,28-,29-,30-,31-,32-,33-,38-/m0/s1. The first-order valence-electron chi connectivity index (χ1n) is 23.1. The first kappa shape index (κ1) is 58.2. The molecule has 12 N–H and O–H groups in total. The first-order chi connectivity index (χ1) is 32.9. The molecule has 388 valence electrons. The number of nitrogens with two attached hydrogens (primary N) is 3. The minimum Gasteiger partial charge on any atom is -0.508 e. The molecule has 1 aromatic rings. The molecular weight excluding hydrogens is 951 g/mol. The maximum Gasteiger partial charge on any atom is 0.246 e. The lowest BCUT2D eigenvalue weighted by molar-refractivity contribution is -0.151. The minimum atomic E-state index is -1.71. The largest absolute Gasteiger partial charge is 0.508 e. The quantitative estimate of drug-likeness (QED) is 0.0774. The highest BCUT2D eigenvalue weighted by Gasteiger charge is 2.44. The Morgan fingerprint density at radius 1 is 0.843 bits per heavy atom. The lowest BCUT2D eigenvalue weighted by atomic mass is 9.96. The van der Waals surface area contributed by atoms with E-state index in [1.54, 1.807) is 26.0 Å². The summed E-state index contributed by atoms with van der Waals surface area (Å²) in [6, 6.07) is -3.29. The number of phenolic OH excluding ortho intramolecular Hbond substituents is 1. The Labute approximate surface area is 415 Å². The second-order valence-electron chi connectivity index (χ2n) is 17.9. The fourth-order valence-electron chi connectivity index (χ4n) is 7.89. The van der Waals surface area contributed by atoms with E-state index in [0.717, 1.165) is 15.7 Å². The maximum absolute atomic E-state index is 14.8. The van der Waals surface area contributed by atoms with Gasteiger partial charge in [0.25, 0.3) is 0 Å². The molecule has 1 aromatic carbocycles. The van der Waals surface area contributed by atoms with Crippen molar-refractivity contribution in [2.75, 3.05) is 38.7 Å². The predicted octanol–water partition coefficient (Wildman–Crippen LogP) is -1.86. The van der Waals surface area contributed by atoms with Gasteiger partial charge in [0.05, 0.1) is 13.0 Å². The van der Waals surface area contributed by atoms with Gasteiger partial charge in [-0.1, -0.05) is 67.8 Å². The highest BCUT2D eigenvalue weighted by atomic mass is 33.1. The van der Waals surface area contributed by atoms with E-state index in [9.17, 15) is 57.8 Å². The lowest BCUT2D eigenvalue weighted by Gasteiger charge is -2.37. The van der Waals surface area contributed by atoms with Crippen LogP contribution in [0.4, 0.5) is 0 Å². The van der Waals surface area contributed by atoms with Crippen LogP contribution < -0.4 is 43.8 Å². The fraction of sp³-hybridized carbons (Fsp3) is 0.622. The van der Waals surface area contributed by atoms with E-state index >= 15 is 0 Å². The van der Waals surface area contributed by atoms with E-state index in [4.69, 9.17) is 17.2 Å². The van der Waals surface area contributed by atoms with Crippen molar-refractivity contribution in [2.24, 2.45) is 29.0 Å². The number of amides is 11. The van der Waals surface area contributed by atoms with E-state index in [0.29, 0.717) is 18.4 Å². The molecule has 8 atom stereocenters. The van der Waals surface area contributed by atoms with Crippen molar-refractivity contribution in [1.29, 1.82) is 0 Å². The molecule has 0 bridgehead atoms. The van der Waals surface area contributed by atoms with Crippen molar-refractivity contribution in [2.45, 2.75) is 128 Å². The molecule has 23 nitrogen and oxygen atoms in total. The summed E-state index contributed by atoms with van der Waals surface area (Å²) in [4.78, 5) is 152. The summed E-state index contributed by atoms with van der Waals surface area (Å²) in [7, 11) is 4.98. The number of phenols is 1. The highest BCUT2D eigenvalue weighted by molar-refractivity contribution is 8.76. The molecule has 70 heavy (non-hydrogen) atoms. The molecule has 0 aromatic heterocycles. The zero-order chi connectivity index (χ0) is 52.4. The van der Waals surface area contributed by atoms with Crippen molar-refractivity contribution >= 4 is 86.6 Å². The van der Waals surface area contributed by atoms with Crippen LogP contribution >= 0.6 is 21.6 Å². The average molecular weight is 1020 g/mol. The highest BCUT2D eigenvalue weighted by Crippen LogP contribution is 2.29. The zero-order valence-corrected chi connectivity index (χ0v) is 42.2. The van der Waals surface area contributed by atoms with Gasteiger partial charge in [-0.2, -0.15) is 0 Å². The number of carbonyl (C=O) groups excluding carboxylic acids is 11. The molecule has 25 heteroatoms. The maximum atomic E-state index is 14.8. The molecule has 3 rings (SSSR count). The summed E-state index contributed by atoms with van der Waals surface area (Å²) in [5.74, 6) is -9.23. The number of hydrogen-bond donors (Lipinski definition) is 9. The molecule has 0 spiro atoms. The Kier molecular flexibility index (Phi) is 23.2. The third kappa shape index (κ3) is 17.7. The van der Waals surface area contributed by atoms with Gasteiger partial charge in [0.15, 0.2) is 0 Å². The van der Waals surface area contributed by atoms with Gasteiger partial charge in [-0.05, 0) is 55.2 Å². The van der Waals surface area contributed by atoms with Crippen LogP contribution in [0.2, 0.25) is 0 Å². The third-order valence-corrected chi connectivity index (χ3v) is 14.4. The van der Waals surface area contributed by atoms with Crippen LogP contribution in [0.25, 0.3) is 0 Å². The molecule has 0 saturated carbocycles. The smallest absolute Gasteiger partial charge is 0.246 e. The molecule has 0 unspecified atom stereocenters. The second kappa shape index (κ2) is 27.9. The van der Waals surface area contributed by atoms with Gasteiger partial charge in [0.1, 0.15) is 48.0 Å². The van der Waals surface area contributed by atoms with Crippen molar-refractivity contribution in [3.05, 3.63) is 29.8 Å². The van der Waals surface area contributed by atoms with Crippen molar-refractivity contribution in [1.82, 2.24) is 41.3 Å². The molecule has 0 radical (unpaired) electrons. The first-order valence-corrected chi connectivity index (χ1v) is 25.6. The minimum absolute atomic E-state index is 0.0240. The molecule has 11 amide bonds. The Morgan fingerprint density at radius 3 is 2.09 bits per heavy atom. The Balaban J connectivity index is 2.08. The number of hydrogen-bond acceptors (Lipinski definition) is 14. The van der Waals surface area contributed by atoms with E-state index in [1.165, 1.54) is 46.8 Å². The van der Waals surface area contributed by atoms with Gasteiger partial charge in [0.2, 0.25) is 65.0 Å². The normalized spacial score (nSPS) is 23.2. The number of primary amides is 3. The SMILES string of the molecule is CC[C@H](C)[C@@H]1NC(=O)[C@H](Cc2ccc(O)cc2)NC(=O)CCSSC[C@@H](C(=O)N2CCC[C@H]2C(=O)N(C)[C@@H](CC(C)C)C(=O)NCC(N)=O)N(C)C(=O)[C@H](CC(N)=O)NC(=O)[C@H](CCC(N)=O)NC1=O. The van der Waals surface area contributed by atoms with Crippen LogP contribution in [0.15, 0.2) is 24.3 Å². The van der Waals surface area contributed by atoms with Gasteiger partial charge < -0.3 is 63.6 Å². The molecule has 2 aliphatic heterocycles. The average Bonchev–Trinajstić information content (AvgIpc) is 3.80. The monoisotopic (exact) mass is 1020 g/mol. The molecule has 2 heterocycles. The zero-order valence-electron chi connectivity index (χ0n) is 40.5. The summed E-state index contributed by atoms with van der Waals surface area (Å²) in [6.07, 6.45) is -0.558. The Morgan fingerprint density at radius 2 is 1.49 bits per heavy atom. The van der Waals surface area contributed by atoms with E-state index in [2.05, 4.69) is 26.6 Å². The van der Waals surface area contributed by atoms with Crippen LogP contribution in [0.5, 0.6) is 5.75 Å². The van der Waals surface area contributed by atoms with Gasteiger partial charge in [-0.15, -0.1) is 0 Å². The van der Waals surface area contributed by atoms with Crippen LogP contribution in [-0.2, 0) is 59.2 Å². The molecule has 2 saturated heterocycles. The second-order valence-corrected chi connectivity index (χ2v) is 20.6. The summed E-state index contributed by atoms with van der Waals surface area (Å²) >= 11 is 0. The van der Waals surface area contributed by atoms with Crippen LogP contribution in [0, 0.1) is 11.8 Å². The number of rotatable bonds is 17. The van der Waals surface area contributed by atoms with Crippen LogP contribution in [-0.4, -0.2) is 166 Å². The van der Waals surface area contributed by atoms with Crippen LogP contribution in [0.1, 0.15) is 84.6 Å². The summed E-state index contributed by atoms with van der Waals surface area (Å²) in [6.45, 7) is 6.76. The Hall–Kier alpha value is -6.11. The molecule has 0 aliphatic carbocycles. The molecular formula is C45H69N11O12S2. The van der Waals surface area contributed by atoms with Crippen LogP contribution in [0.3, 0.4) is 0 Å². The summed E-state index contributed by atoms with van der Waals surface area (Å²) in [5, 5.41) is 22.8. The van der Waals surface area contributed by atoms with Gasteiger partial charge in [-0.25, -0.2) is 0 Å². The summed E-state index contributed by atoms with van der Waals surface area (Å²) in [5.41, 5.74) is 16.8. The van der Waals surface area contributed by atoms with Gasteiger partial charge in [0, 0.05) is 51.4 Å². The number of nitrogens with one attached hydrogen (secondary N) is 5. The number of aromatic hydroxyl groups is 1. The van der Waals surface area contributed by atoms with Crippen molar-refractivity contribution in [3.63, 3.8) is 0 Å².